The Kier molecular flexibility index (Phi) is 5.80. The third-order valence-corrected chi connectivity index (χ3v) is 4.08. The van der Waals surface area contributed by atoms with Crippen LogP contribution >= 0.6 is 0 Å². The first-order chi connectivity index (χ1) is 11.0. The fourth-order valence-corrected chi connectivity index (χ4v) is 2.45. The quantitative estimate of drug-likeness (QED) is 0.862. The van der Waals surface area contributed by atoms with Crippen LogP contribution in [0.4, 0.5) is 0 Å². The van der Waals surface area contributed by atoms with Crippen molar-refractivity contribution in [2.24, 2.45) is 0 Å². The van der Waals surface area contributed by atoms with Crippen LogP contribution in [0.5, 0.6) is 5.75 Å². The predicted molar refractivity (Wildman–Crippen MR) is 93.6 cm³/mol. The van der Waals surface area contributed by atoms with Crippen molar-refractivity contribution in [2.45, 2.75) is 46.3 Å². The van der Waals surface area contributed by atoms with E-state index in [0.29, 0.717) is 5.75 Å². The summed E-state index contributed by atoms with van der Waals surface area (Å²) in [4.78, 5) is 12.4. The van der Waals surface area contributed by atoms with E-state index in [1.165, 1.54) is 11.1 Å². The van der Waals surface area contributed by atoms with Gasteiger partial charge in [0.25, 0.3) is 5.91 Å². The van der Waals surface area contributed by atoms with E-state index in [9.17, 15) is 4.79 Å². The highest BCUT2D eigenvalue weighted by Crippen LogP contribution is 2.20. The molecule has 122 valence electrons. The van der Waals surface area contributed by atoms with E-state index in [1.807, 2.05) is 30.3 Å². The summed E-state index contributed by atoms with van der Waals surface area (Å²) in [5.41, 5.74) is 3.63. The van der Waals surface area contributed by atoms with Gasteiger partial charge in [0.05, 0.1) is 6.04 Å². The Morgan fingerprint density at radius 1 is 1.09 bits per heavy atom. The minimum atomic E-state index is -0.530. The molecule has 0 aliphatic heterocycles. The van der Waals surface area contributed by atoms with Crippen LogP contribution in [-0.4, -0.2) is 12.0 Å². The standard InChI is InChI=1S/C20H25NO2/c1-5-19(17-12-11-14(2)15(3)13-17)21-20(22)16(4)23-18-9-7-6-8-10-18/h6-13,16,19H,5H2,1-4H3,(H,21,22)/t16-,19+/m1/s1. The number of hydrogen-bond donors (Lipinski definition) is 1. The van der Waals surface area contributed by atoms with Gasteiger partial charge < -0.3 is 10.1 Å². The van der Waals surface area contributed by atoms with Crippen LogP contribution in [0.2, 0.25) is 0 Å². The molecule has 0 saturated carbocycles. The van der Waals surface area contributed by atoms with Crippen LogP contribution in [0.1, 0.15) is 43.0 Å². The Hall–Kier alpha value is -2.29. The van der Waals surface area contributed by atoms with E-state index in [2.05, 4.69) is 44.3 Å². The molecule has 0 aliphatic rings. The van der Waals surface area contributed by atoms with E-state index in [0.717, 1.165) is 12.0 Å². The molecule has 0 fully saturated rings. The van der Waals surface area contributed by atoms with Crippen molar-refractivity contribution >= 4 is 5.91 Å². The largest absolute Gasteiger partial charge is 0.481 e. The molecule has 0 radical (unpaired) electrons. The van der Waals surface area contributed by atoms with Crippen molar-refractivity contribution in [1.82, 2.24) is 5.32 Å². The number of ether oxygens (including phenoxy) is 1. The van der Waals surface area contributed by atoms with Gasteiger partial charge in [-0.15, -0.1) is 0 Å². The third-order valence-electron chi connectivity index (χ3n) is 4.08. The minimum absolute atomic E-state index is 0.00335. The second-order valence-corrected chi connectivity index (χ2v) is 5.89. The van der Waals surface area contributed by atoms with Crippen LogP contribution < -0.4 is 10.1 Å². The molecule has 0 aromatic heterocycles. The Morgan fingerprint density at radius 3 is 2.39 bits per heavy atom. The monoisotopic (exact) mass is 311 g/mol. The van der Waals surface area contributed by atoms with Gasteiger partial charge in [0.15, 0.2) is 6.10 Å². The van der Waals surface area contributed by atoms with Crippen LogP contribution in [0.25, 0.3) is 0 Å². The highest BCUT2D eigenvalue weighted by Gasteiger charge is 2.19. The molecule has 0 unspecified atom stereocenters. The summed E-state index contributed by atoms with van der Waals surface area (Å²) in [6, 6.07) is 15.7. The topological polar surface area (TPSA) is 38.3 Å². The maximum Gasteiger partial charge on any atom is 0.261 e. The molecule has 23 heavy (non-hydrogen) atoms. The lowest BCUT2D eigenvalue weighted by Gasteiger charge is -2.21. The van der Waals surface area contributed by atoms with Crippen molar-refractivity contribution < 1.29 is 9.53 Å². The molecule has 0 bridgehead atoms. The molecule has 3 nitrogen and oxygen atoms in total. The van der Waals surface area contributed by atoms with Gasteiger partial charge in [0.1, 0.15) is 5.75 Å². The number of amides is 1. The highest BCUT2D eigenvalue weighted by molar-refractivity contribution is 5.81. The molecule has 1 amide bonds. The molecule has 3 heteroatoms. The average molecular weight is 311 g/mol. The summed E-state index contributed by atoms with van der Waals surface area (Å²) >= 11 is 0. The van der Waals surface area contributed by atoms with Gasteiger partial charge in [-0.25, -0.2) is 0 Å². The number of aryl methyl sites for hydroxylation is 2. The number of rotatable bonds is 6. The van der Waals surface area contributed by atoms with Crippen molar-refractivity contribution in [2.75, 3.05) is 0 Å². The molecule has 0 spiro atoms. The Balaban J connectivity index is 2.02. The fraction of sp³-hybridized carbons (Fsp3) is 0.350. The molecular formula is C20H25NO2. The summed E-state index contributed by atoms with van der Waals surface area (Å²) in [5.74, 6) is 0.605. The number of carbonyl (C=O) groups excluding carboxylic acids is 1. The van der Waals surface area contributed by atoms with E-state index in [1.54, 1.807) is 6.92 Å². The maximum atomic E-state index is 12.4. The summed E-state index contributed by atoms with van der Waals surface area (Å²) in [6.07, 6.45) is 0.310. The van der Waals surface area contributed by atoms with E-state index in [-0.39, 0.29) is 11.9 Å². The predicted octanol–water partition coefficient (Wildman–Crippen LogP) is 4.34. The van der Waals surface area contributed by atoms with Gasteiger partial charge in [-0.1, -0.05) is 43.3 Å². The zero-order chi connectivity index (χ0) is 16.8. The maximum absolute atomic E-state index is 12.4. The van der Waals surface area contributed by atoms with E-state index >= 15 is 0 Å². The first kappa shape index (κ1) is 17.1. The lowest BCUT2D eigenvalue weighted by atomic mass is 9.99. The summed E-state index contributed by atoms with van der Waals surface area (Å²) in [6.45, 7) is 8.03. The van der Waals surface area contributed by atoms with Gasteiger partial charge in [0, 0.05) is 0 Å². The smallest absolute Gasteiger partial charge is 0.261 e. The third kappa shape index (κ3) is 4.59. The second kappa shape index (κ2) is 7.82. The Bertz CT molecular complexity index is 652. The lowest BCUT2D eigenvalue weighted by molar-refractivity contribution is -0.128. The molecule has 2 rings (SSSR count). The van der Waals surface area contributed by atoms with Crippen molar-refractivity contribution in [3.8, 4) is 5.75 Å². The Labute approximate surface area is 138 Å². The van der Waals surface area contributed by atoms with Crippen LogP contribution in [0.15, 0.2) is 48.5 Å². The number of para-hydroxylation sites is 1. The van der Waals surface area contributed by atoms with E-state index < -0.39 is 6.10 Å². The van der Waals surface area contributed by atoms with Crippen molar-refractivity contribution in [3.05, 3.63) is 65.2 Å². The lowest BCUT2D eigenvalue weighted by Crippen LogP contribution is -2.38. The zero-order valence-corrected chi connectivity index (χ0v) is 14.3. The minimum Gasteiger partial charge on any atom is -0.481 e. The fourth-order valence-electron chi connectivity index (χ4n) is 2.45. The number of benzene rings is 2. The normalized spacial score (nSPS) is 13.2. The summed E-state index contributed by atoms with van der Waals surface area (Å²) in [7, 11) is 0. The van der Waals surface area contributed by atoms with Crippen LogP contribution in [-0.2, 0) is 4.79 Å². The summed E-state index contributed by atoms with van der Waals surface area (Å²) < 4.78 is 5.69. The molecule has 0 heterocycles. The first-order valence-corrected chi connectivity index (χ1v) is 8.10. The molecule has 2 aromatic carbocycles. The van der Waals surface area contributed by atoms with Gasteiger partial charge in [0.2, 0.25) is 0 Å². The van der Waals surface area contributed by atoms with Gasteiger partial charge in [-0.05, 0) is 56.0 Å². The number of nitrogens with one attached hydrogen (secondary N) is 1. The van der Waals surface area contributed by atoms with Gasteiger partial charge in [-0.2, -0.15) is 0 Å². The average Bonchev–Trinajstić information content (AvgIpc) is 2.56. The molecule has 0 aliphatic carbocycles. The Morgan fingerprint density at radius 2 is 1.78 bits per heavy atom. The SMILES string of the molecule is CC[C@H](NC(=O)[C@@H](C)Oc1ccccc1)c1ccc(C)c(C)c1. The molecule has 2 aromatic rings. The second-order valence-electron chi connectivity index (χ2n) is 5.89. The molecule has 2 atom stereocenters. The van der Waals surface area contributed by atoms with Crippen LogP contribution in [0.3, 0.4) is 0 Å². The first-order valence-electron chi connectivity index (χ1n) is 8.10. The summed E-state index contributed by atoms with van der Waals surface area (Å²) in [5, 5.41) is 3.09. The molecule has 1 N–H and O–H groups in total. The zero-order valence-electron chi connectivity index (χ0n) is 14.3. The van der Waals surface area contributed by atoms with E-state index in [4.69, 9.17) is 4.74 Å². The highest BCUT2D eigenvalue weighted by atomic mass is 16.5. The number of carbonyl (C=O) groups is 1. The van der Waals surface area contributed by atoms with Crippen molar-refractivity contribution in [3.63, 3.8) is 0 Å². The van der Waals surface area contributed by atoms with Crippen LogP contribution in [0, 0.1) is 13.8 Å². The molecular weight excluding hydrogens is 286 g/mol. The number of hydrogen-bond acceptors (Lipinski definition) is 2. The molecule has 0 saturated heterocycles. The van der Waals surface area contributed by atoms with Gasteiger partial charge in [-0.3, -0.25) is 4.79 Å². The van der Waals surface area contributed by atoms with Gasteiger partial charge >= 0.3 is 0 Å². The van der Waals surface area contributed by atoms with Crippen molar-refractivity contribution in [1.29, 1.82) is 0 Å².